The second-order valence-corrected chi connectivity index (χ2v) is 5.44. The molecule has 0 unspecified atom stereocenters. The smallest absolute Gasteiger partial charge is 0.161 e. The summed E-state index contributed by atoms with van der Waals surface area (Å²) in [4.78, 5) is 2.43. The molecule has 2 aromatic rings. The fourth-order valence-corrected chi connectivity index (χ4v) is 2.65. The van der Waals surface area contributed by atoms with E-state index >= 15 is 0 Å². The van der Waals surface area contributed by atoms with Gasteiger partial charge in [0.2, 0.25) is 0 Å². The van der Waals surface area contributed by atoms with Crippen molar-refractivity contribution >= 4 is 11.3 Å². The maximum absolute atomic E-state index is 13.4. The average Bonchev–Trinajstić information content (AvgIpc) is 2.83. The molecule has 0 amide bonds. The van der Waals surface area contributed by atoms with E-state index in [4.69, 9.17) is 0 Å². The second-order valence-electron chi connectivity index (χ2n) is 4.18. The van der Waals surface area contributed by atoms with Crippen LogP contribution in [0.1, 0.15) is 22.2 Å². The monoisotopic (exact) mass is 285 g/mol. The van der Waals surface area contributed by atoms with Gasteiger partial charge in [0.15, 0.2) is 11.6 Å². The van der Waals surface area contributed by atoms with Gasteiger partial charge in [-0.15, -0.1) is 11.3 Å². The maximum Gasteiger partial charge on any atom is 0.161 e. The lowest BCUT2D eigenvalue weighted by Crippen LogP contribution is -2.13. The van der Waals surface area contributed by atoms with Gasteiger partial charge in [0, 0.05) is 34.5 Å². The van der Waals surface area contributed by atoms with Crippen LogP contribution in [0.2, 0.25) is 0 Å². The zero-order valence-corrected chi connectivity index (χ0v) is 11.3. The van der Waals surface area contributed by atoms with E-state index in [1.165, 1.54) is 4.88 Å². The molecule has 0 bridgehead atoms. The van der Waals surface area contributed by atoms with Gasteiger partial charge in [-0.2, -0.15) is 0 Å². The molecule has 0 saturated carbocycles. The highest BCUT2D eigenvalue weighted by Gasteiger charge is 2.09. The van der Waals surface area contributed by atoms with Crippen LogP contribution in [0.3, 0.4) is 0 Å². The molecule has 0 aliphatic rings. The highest BCUT2D eigenvalue weighted by Crippen LogP contribution is 2.17. The summed E-state index contributed by atoms with van der Waals surface area (Å²) in [6.45, 7) is 2.84. The summed E-state index contributed by atoms with van der Waals surface area (Å²) in [5, 5.41) is 3.02. The Morgan fingerprint density at radius 3 is 2.32 bits per heavy atom. The van der Waals surface area contributed by atoms with Crippen molar-refractivity contribution in [1.29, 1.82) is 0 Å². The molecule has 0 atom stereocenters. The maximum atomic E-state index is 13.4. The Bertz CT molecular complexity index is 566. The van der Waals surface area contributed by atoms with E-state index < -0.39 is 17.5 Å². The first-order valence-electron chi connectivity index (χ1n) is 6.02. The Hall–Kier alpha value is -1.33. The molecule has 0 radical (unpaired) electrons. The first-order chi connectivity index (χ1) is 9.10. The van der Waals surface area contributed by atoms with E-state index in [-0.39, 0.29) is 12.1 Å². The van der Waals surface area contributed by atoms with Gasteiger partial charge in [-0.05, 0) is 24.6 Å². The average molecular weight is 285 g/mol. The lowest BCUT2D eigenvalue weighted by atomic mass is 10.2. The van der Waals surface area contributed by atoms with Crippen LogP contribution in [0, 0.1) is 17.5 Å². The zero-order chi connectivity index (χ0) is 13.8. The van der Waals surface area contributed by atoms with Crippen molar-refractivity contribution < 1.29 is 13.2 Å². The van der Waals surface area contributed by atoms with E-state index in [0.29, 0.717) is 12.6 Å². The van der Waals surface area contributed by atoms with Crippen molar-refractivity contribution in [3.8, 4) is 0 Å². The first-order valence-corrected chi connectivity index (χ1v) is 6.83. The Morgan fingerprint density at radius 1 is 0.947 bits per heavy atom. The summed E-state index contributed by atoms with van der Waals surface area (Å²) in [7, 11) is 0. The molecule has 0 spiro atoms. The van der Waals surface area contributed by atoms with Gasteiger partial charge in [-0.3, -0.25) is 0 Å². The number of hydrogen-bond acceptors (Lipinski definition) is 2. The standard InChI is InChI=1S/C14H14F3NS/c1-2-10-3-4-11(19-10)8-18-7-9-5-13(16)14(17)6-12(9)15/h3-6,18H,2,7-8H2,1H3. The van der Waals surface area contributed by atoms with Gasteiger partial charge in [0.25, 0.3) is 0 Å². The third kappa shape index (κ3) is 3.58. The van der Waals surface area contributed by atoms with Crippen molar-refractivity contribution in [1.82, 2.24) is 5.32 Å². The summed E-state index contributed by atoms with van der Waals surface area (Å²) >= 11 is 1.69. The van der Waals surface area contributed by atoms with Crippen molar-refractivity contribution in [2.24, 2.45) is 0 Å². The Kier molecular flexibility index (Phi) is 4.61. The topological polar surface area (TPSA) is 12.0 Å². The lowest BCUT2D eigenvalue weighted by Gasteiger charge is -2.05. The molecule has 2 rings (SSSR count). The number of thiophene rings is 1. The number of benzene rings is 1. The Balaban J connectivity index is 1.94. The minimum absolute atomic E-state index is 0.131. The van der Waals surface area contributed by atoms with Crippen molar-refractivity contribution in [2.45, 2.75) is 26.4 Å². The van der Waals surface area contributed by atoms with Gasteiger partial charge >= 0.3 is 0 Å². The van der Waals surface area contributed by atoms with Crippen LogP contribution in [0.25, 0.3) is 0 Å². The van der Waals surface area contributed by atoms with Crippen LogP contribution in [0.15, 0.2) is 24.3 Å². The summed E-state index contributed by atoms with van der Waals surface area (Å²) in [5.41, 5.74) is 0.131. The Labute approximate surface area is 114 Å². The fourth-order valence-electron chi connectivity index (χ4n) is 1.73. The quantitative estimate of drug-likeness (QED) is 0.818. The molecule has 0 aliphatic heterocycles. The van der Waals surface area contributed by atoms with Crippen molar-refractivity contribution in [3.63, 3.8) is 0 Å². The van der Waals surface area contributed by atoms with E-state index in [1.54, 1.807) is 11.3 Å². The van der Waals surface area contributed by atoms with Crippen LogP contribution in [-0.4, -0.2) is 0 Å². The Morgan fingerprint density at radius 2 is 1.63 bits per heavy atom. The SMILES string of the molecule is CCc1ccc(CNCc2cc(F)c(F)cc2F)s1. The molecule has 0 saturated heterocycles. The molecule has 1 nitrogen and oxygen atoms in total. The summed E-state index contributed by atoms with van der Waals surface area (Å²) in [6, 6.07) is 5.54. The van der Waals surface area contributed by atoms with Crippen LogP contribution in [-0.2, 0) is 19.5 Å². The van der Waals surface area contributed by atoms with Gasteiger partial charge in [-0.1, -0.05) is 6.92 Å². The molecule has 5 heteroatoms. The minimum atomic E-state index is -1.16. The van der Waals surface area contributed by atoms with E-state index in [0.717, 1.165) is 17.4 Å². The van der Waals surface area contributed by atoms with Gasteiger partial charge in [0.05, 0.1) is 0 Å². The molecule has 1 N–H and O–H groups in total. The van der Waals surface area contributed by atoms with E-state index in [2.05, 4.69) is 18.3 Å². The van der Waals surface area contributed by atoms with Gasteiger partial charge in [0.1, 0.15) is 5.82 Å². The molecule has 19 heavy (non-hydrogen) atoms. The molecule has 102 valence electrons. The predicted octanol–water partition coefficient (Wildman–Crippen LogP) is 4.02. The van der Waals surface area contributed by atoms with Gasteiger partial charge < -0.3 is 5.32 Å². The van der Waals surface area contributed by atoms with Crippen molar-refractivity contribution in [2.75, 3.05) is 0 Å². The van der Waals surface area contributed by atoms with Gasteiger partial charge in [-0.25, -0.2) is 13.2 Å². The summed E-state index contributed by atoms with van der Waals surface area (Å²) in [6.07, 6.45) is 0.989. The van der Waals surface area contributed by atoms with Crippen LogP contribution in [0.5, 0.6) is 0 Å². The fraction of sp³-hybridized carbons (Fsp3) is 0.286. The zero-order valence-electron chi connectivity index (χ0n) is 10.5. The van der Waals surface area contributed by atoms with Crippen LogP contribution < -0.4 is 5.32 Å². The van der Waals surface area contributed by atoms with Crippen molar-refractivity contribution in [3.05, 3.63) is 57.0 Å². The number of aryl methyl sites for hydroxylation is 1. The largest absolute Gasteiger partial charge is 0.308 e. The third-order valence-electron chi connectivity index (χ3n) is 2.77. The number of halogens is 3. The third-order valence-corrected chi connectivity index (χ3v) is 4.00. The minimum Gasteiger partial charge on any atom is -0.308 e. The summed E-state index contributed by atoms with van der Waals surface area (Å²) < 4.78 is 39.1. The molecule has 0 aliphatic carbocycles. The van der Waals surface area contributed by atoms with Crippen LogP contribution in [0.4, 0.5) is 13.2 Å². The number of hydrogen-bond donors (Lipinski definition) is 1. The lowest BCUT2D eigenvalue weighted by molar-refractivity contribution is 0.487. The number of nitrogens with one attached hydrogen (secondary N) is 1. The molecule has 1 aromatic carbocycles. The highest BCUT2D eigenvalue weighted by atomic mass is 32.1. The van der Waals surface area contributed by atoms with E-state index in [9.17, 15) is 13.2 Å². The second kappa shape index (κ2) is 6.21. The van der Waals surface area contributed by atoms with Crippen LogP contribution >= 0.6 is 11.3 Å². The summed E-state index contributed by atoms with van der Waals surface area (Å²) in [5.74, 6) is -2.92. The number of rotatable bonds is 5. The molecular formula is C14H14F3NS. The molecule has 1 heterocycles. The molecule has 0 fully saturated rings. The normalized spacial score (nSPS) is 10.9. The highest BCUT2D eigenvalue weighted by molar-refractivity contribution is 7.11. The van der Waals surface area contributed by atoms with E-state index in [1.807, 2.05) is 6.07 Å². The first kappa shape index (κ1) is 14.1. The molecular weight excluding hydrogens is 271 g/mol. The molecule has 1 aromatic heterocycles. The predicted molar refractivity (Wildman–Crippen MR) is 70.6 cm³/mol.